The first-order valence-electron chi connectivity index (χ1n) is 11.6. The van der Waals surface area contributed by atoms with Crippen LogP contribution < -0.4 is 0 Å². The predicted octanol–water partition coefficient (Wildman–Crippen LogP) is 9.09. The van der Waals surface area contributed by atoms with E-state index in [2.05, 4.69) is 64.6 Å². The zero-order chi connectivity index (χ0) is 24.5. The molecule has 0 aliphatic heterocycles. The number of aromatic nitrogens is 2. The summed E-state index contributed by atoms with van der Waals surface area (Å²) in [6, 6.07) is 39.4. The zero-order valence-corrected chi connectivity index (χ0v) is 20.0. The third kappa shape index (κ3) is 4.26. The van der Waals surface area contributed by atoms with Gasteiger partial charge in [-0.3, -0.25) is 0 Å². The summed E-state index contributed by atoms with van der Waals surface area (Å²) in [7, 11) is 0. The Balaban J connectivity index is 1.43. The van der Waals surface area contributed by atoms with E-state index >= 15 is 0 Å². The molecule has 0 N–H and O–H groups in total. The van der Waals surface area contributed by atoms with Crippen LogP contribution in [0.2, 0.25) is 5.28 Å². The largest absolute Gasteiger partial charge is 0.223 e. The van der Waals surface area contributed by atoms with E-state index < -0.39 is 0 Å². The van der Waals surface area contributed by atoms with Crippen molar-refractivity contribution in [3.05, 3.63) is 132 Å². The quantitative estimate of drug-likeness (QED) is 0.232. The normalized spacial score (nSPS) is 11.1. The van der Waals surface area contributed by atoms with Crippen molar-refractivity contribution in [3.8, 4) is 44.8 Å². The zero-order valence-electron chi connectivity index (χ0n) is 19.2. The molecule has 6 aromatic rings. The van der Waals surface area contributed by atoms with Gasteiger partial charge in [-0.25, -0.2) is 14.4 Å². The molecule has 0 unspecified atom stereocenters. The van der Waals surface area contributed by atoms with E-state index in [1.165, 1.54) is 12.1 Å². The Morgan fingerprint density at radius 1 is 0.500 bits per heavy atom. The van der Waals surface area contributed by atoms with Crippen LogP contribution in [0.4, 0.5) is 4.39 Å². The monoisotopic (exact) mass is 486 g/mol. The van der Waals surface area contributed by atoms with Crippen molar-refractivity contribution in [2.75, 3.05) is 0 Å². The Bertz CT molecular complexity index is 1670. The fourth-order valence-corrected chi connectivity index (χ4v) is 4.78. The lowest BCUT2D eigenvalue weighted by molar-refractivity contribution is 0.628. The molecule has 0 fully saturated rings. The van der Waals surface area contributed by atoms with Crippen molar-refractivity contribution in [2.24, 2.45) is 0 Å². The summed E-state index contributed by atoms with van der Waals surface area (Å²) in [5.74, 6) is -0.241. The Morgan fingerprint density at radius 2 is 1.00 bits per heavy atom. The van der Waals surface area contributed by atoms with E-state index in [-0.39, 0.29) is 11.1 Å². The van der Waals surface area contributed by atoms with Gasteiger partial charge in [0.2, 0.25) is 5.28 Å². The predicted molar refractivity (Wildman–Crippen MR) is 146 cm³/mol. The lowest BCUT2D eigenvalue weighted by Gasteiger charge is -2.13. The average Bonchev–Trinajstić information content (AvgIpc) is 2.93. The average molecular weight is 487 g/mol. The Labute approximate surface area is 213 Å². The standard InChI is InChI=1S/C32H20ClFN2/c33-32-35-29(23-6-2-1-3-7-23)20-30(36-32)24-14-12-21(13-15-24)27-10-4-8-25-9-5-11-28(31(25)27)22-16-18-26(34)19-17-22/h1-20H. The number of hydrogen-bond donors (Lipinski definition) is 0. The molecular formula is C32H20ClFN2. The topological polar surface area (TPSA) is 25.8 Å². The molecule has 0 aliphatic rings. The first-order valence-corrected chi connectivity index (χ1v) is 12.0. The second-order valence-electron chi connectivity index (χ2n) is 8.57. The van der Waals surface area contributed by atoms with E-state index in [1.807, 2.05) is 54.6 Å². The van der Waals surface area contributed by atoms with Crippen molar-refractivity contribution in [1.82, 2.24) is 9.97 Å². The maximum absolute atomic E-state index is 13.6. The molecule has 0 bridgehead atoms. The summed E-state index contributed by atoms with van der Waals surface area (Å²) in [4.78, 5) is 8.87. The van der Waals surface area contributed by atoms with Crippen molar-refractivity contribution < 1.29 is 4.39 Å². The van der Waals surface area contributed by atoms with Crippen LogP contribution in [0, 0.1) is 5.82 Å². The minimum atomic E-state index is -0.241. The summed E-state index contributed by atoms with van der Waals surface area (Å²) in [6.45, 7) is 0. The fourth-order valence-electron chi connectivity index (χ4n) is 4.59. The molecule has 4 heteroatoms. The Kier molecular flexibility index (Phi) is 5.76. The molecule has 0 amide bonds. The molecular weight excluding hydrogens is 467 g/mol. The molecule has 0 atom stereocenters. The molecule has 0 aliphatic carbocycles. The SMILES string of the molecule is Fc1ccc(-c2cccc3cccc(-c4ccc(-c5cc(-c6ccccc6)nc(Cl)n5)cc4)c23)cc1. The number of nitrogens with zero attached hydrogens (tertiary/aromatic N) is 2. The molecule has 0 saturated carbocycles. The maximum Gasteiger partial charge on any atom is 0.223 e. The van der Waals surface area contributed by atoms with Crippen molar-refractivity contribution in [3.63, 3.8) is 0 Å². The number of benzene rings is 5. The van der Waals surface area contributed by atoms with Crippen LogP contribution in [0.3, 0.4) is 0 Å². The van der Waals surface area contributed by atoms with Gasteiger partial charge in [0.05, 0.1) is 11.4 Å². The minimum absolute atomic E-state index is 0.216. The van der Waals surface area contributed by atoms with Gasteiger partial charge in [0.1, 0.15) is 5.82 Å². The van der Waals surface area contributed by atoms with Crippen LogP contribution in [0.1, 0.15) is 0 Å². The molecule has 172 valence electrons. The molecule has 0 saturated heterocycles. The van der Waals surface area contributed by atoms with E-state index in [9.17, 15) is 4.39 Å². The highest BCUT2D eigenvalue weighted by molar-refractivity contribution is 6.28. The molecule has 0 radical (unpaired) electrons. The van der Waals surface area contributed by atoms with Crippen LogP contribution in [0.5, 0.6) is 0 Å². The highest BCUT2D eigenvalue weighted by atomic mass is 35.5. The van der Waals surface area contributed by atoms with Gasteiger partial charge in [-0.15, -0.1) is 0 Å². The lowest BCUT2D eigenvalue weighted by atomic mass is 9.91. The van der Waals surface area contributed by atoms with E-state index in [0.717, 1.165) is 55.5 Å². The number of fused-ring (bicyclic) bond motifs is 1. The van der Waals surface area contributed by atoms with Gasteiger partial charge in [-0.1, -0.05) is 103 Å². The molecule has 1 aromatic heterocycles. The number of halogens is 2. The number of hydrogen-bond acceptors (Lipinski definition) is 2. The van der Waals surface area contributed by atoms with E-state index in [4.69, 9.17) is 11.6 Å². The summed E-state index contributed by atoms with van der Waals surface area (Å²) in [5.41, 5.74) is 7.75. The van der Waals surface area contributed by atoms with Gasteiger partial charge in [0.25, 0.3) is 0 Å². The highest BCUT2D eigenvalue weighted by Crippen LogP contribution is 2.37. The van der Waals surface area contributed by atoms with E-state index in [0.29, 0.717) is 0 Å². The third-order valence-electron chi connectivity index (χ3n) is 6.32. The van der Waals surface area contributed by atoms with Gasteiger partial charge >= 0.3 is 0 Å². The van der Waals surface area contributed by atoms with E-state index in [1.54, 1.807) is 0 Å². The third-order valence-corrected chi connectivity index (χ3v) is 6.49. The number of rotatable bonds is 4. The summed E-state index contributed by atoms with van der Waals surface area (Å²) < 4.78 is 13.6. The summed E-state index contributed by atoms with van der Waals surface area (Å²) in [5, 5.41) is 2.48. The van der Waals surface area contributed by atoms with Crippen LogP contribution >= 0.6 is 11.6 Å². The molecule has 2 nitrogen and oxygen atoms in total. The first-order chi connectivity index (χ1) is 17.7. The Morgan fingerprint density at radius 3 is 1.58 bits per heavy atom. The second kappa shape index (κ2) is 9.37. The van der Waals surface area contributed by atoms with Crippen LogP contribution in [-0.2, 0) is 0 Å². The van der Waals surface area contributed by atoms with Crippen molar-refractivity contribution in [2.45, 2.75) is 0 Å². The minimum Gasteiger partial charge on any atom is -0.218 e. The molecule has 0 spiro atoms. The molecule has 36 heavy (non-hydrogen) atoms. The highest BCUT2D eigenvalue weighted by Gasteiger charge is 2.12. The van der Waals surface area contributed by atoms with Gasteiger partial charge in [-0.05, 0) is 62.8 Å². The molecule has 1 heterocycles. The van der Waals surface area contributed by atoms with Gasteiger partial charge < -0.3 is 0 Å². The Hall–Kier alpha value is -4.34. The van der Waals surface area contributed by atoms with Crippen LogP contribution in [0.25, 0.3) is 55.5 Å². The van der Waals surface area contributed by atoms with Gasteiger partial charge in [0.15, 0.2) is 0 Å². The summed E-state index contributed by atoms with van der Waals surface area (Å²) >= 11 is 6.28. The smallest absolute Gasteiger partial charge is 0.218 e. The van der Waals surface area contributed by atoms with Gasteiger partial charge in [-0.2, -0.15) is 0 Å². The van der Waals surface area contributed by atoms with Gasteiger partial charge in [0, 0.05) is 11.1 Å². The second-order valence-corrected chi connectivity index (χ2v) is 8.91. The summed E-state index contributed by atoms with van der Waals surface area (Å²) in [6.07, 6.45) is 0. The molecule has 5 aromatic carbocycles. The van der Waals surface area contributed by atoms with Crippen molar-refractivity contribution in [1.29, 1.82) is 0 Å². The van der Waals surface area contributed by atoms with Crippen LogP contribution in [0.15, 0.2) is 121 Å². The molecule has 6 rings (SSSR count). The fraction of sp³-hybridized carbons (Fsp3) is 0. The van der Waals surface area contributed by atoms with Crippen LogP contribution in [-0.4, -0.2) is 9.97 Å². The maximum atomic E-state index is 13.6. The van der Waals surface area contributed by atoms with Crippen molar-refractivity contribution >= 4 is 22.4 Å². The lowest BCUT2D eigenvalue weighted by Crippen LogP contribution is -1.92. The first kappa shape index (κ1) is 22.1.